The molecule has 0 saturated carbocycles. The van der Waals surface area contributed by atoms with Gasteiger partial charge < -0.3 is 25.1 Å². The number of aryl methyl sites for hydroxylation is 1. The lowest BCUT2D eigenvalue weighted by atomic mass is 10.0. The monoisotopic (exact) mass is 359 g/mol. The molecule has 1 unspecified atom stereocenters. The van der Waals surface area contributed by atoms with Crippen LogP contribution in [0.25, 0.3) is 10.9 Å². The standard InChI is InChI=1S/C20H29N3O3/c1-25-16-11-18-17(19(12-16)26-2)10-15(23-18)4-3-8-22-20(24)6-5-14-7-9-21-13-14/h10-12,14,21,23H,3-9,13H2,1-2H3,(H,22,24). The highest BCUT2D eigenvalue weighted by molar-refractivity contribution is 5.88. The molecule has 1 fully saturated rings. The minimum atomic E-state index is 0.167. The summed E-state index contributed by atoms with van der Waals surface area (Å²) in [5, 5.41) is 7.43. The van der Waals surface area contributed by atoms with Gasteiger partial charge in [-0.15, -0.1) is 0 Å². The zero-order valence-corrected chi connectivity index (χ0v) is 15.7. The Hall–Kier alpha value is -2.21. The van der Waals surface area contributed by atoms with Crippen molar-refractivity contribution in [2.45, 2.75) is 32.1 Å². The summed E-state index contributed by atoms with van der Waals surface area (Å²) in [6, 6.07) is 5.98. The Morgan fingerprint density at radius 3 is 2.88 bits per heavy atom. The Bertz CT molecular complexity index is 735. The lowest BCUT2D eigenvalue weighted by Crippen LogP contribution is -2.25. The molecule has 3 rings (SSSR count). The highest BCUT2D eigenvalue weighted by Gasteiger charge is 2.15. The van der Waals surface area contributed by atoms with E-state index in [-0.39, 0.29) is 5.91 Å². The number of carbonyl (C=O) groups excluding carboxylic acids is 1. The van der Waals surface area contributed by atoms with Gasteiger partial charge in [0.25, 0.3) is 0 Å². The molecule has 1 aromatic heterocycles. The highest BCUT2D eigenvalue weighted by atomic mass is 16.5. The van der Waals surface area contributed by atoms with Crippen LogP contribution in [0.1, 0.15) is 31.4 Å². The Morgan fingerprint density at radius 1 is 1.27 bits per heavy atom. The van der Waals surface area contributed by atoms with Gasteiger partial charge in [0, 0.05) is 36.2 Å². The number of methoxy groups -OCH3 is 2. The molecule has 2 aromatic rings. The lowest BCUT2D eigenvalue weighted by Gasteiger charge is -2.08. The molecule has 6 heteroatoms. The Labute approximate surface area is 154 Å². The number of hydrogen-bond donors (Lipinski definition) is 3. The second-order valence-electron chi connectivity index (χ2n) is 6.94. The van der Waals surface area contributed by atoms with Gasteiger partial charge in [-0.05, 0) is 50.8 Å². The summed E-state index contributed by atoms with van der Waals surface area (Å²) < 4.78 is 10.8. The van der Waals surface area contributed by atoms with Crippen molar-refractivity contribution in [2.75, 3.05) is 33.9 Å². The van der Waals surface area contributed by atoms with E-state index in [4.69, 9.17) is 9.47 Å². The minimum Gasteiger partial charge on any atom is -0.497 e. The van der Waals surface area contributed by atoms with Crippen molar-refractivity contribution in [3.05, 3.63) is 23.9 Å². The van der Waals surface area contributed by atoms with Crippen molar-refractivity contribution in [3.8, 4) is 11.5 Å². The molecule has 1 saturated heterocycles. The average Bonchev–Trinajstić information content (AvgIpc) is 3.31. The number of aromatic amines is 1. The van der Waals surface area contributed by atoms with Crippen LogP contribution in [0.4, 0.5) is 0 Å². The van der Waals surface area contributed by atoms with Crippen molar-refractivity contribution in [2.24, 2.45) is 5.92 Å². The lowest BCUT2D eigenvalue weighted by molar-refractivity contribution is -0.121. The maximum Gasteiger partial charge on any atom is 0.220 e. The molecular weight excluding hydrogens is 330 g/mol. The molecule has 0 radical (unpaired) electrons. The fourth-order valence-corrected chi connectivity index (χ4v) is 3.55. The van der Waals surface area contributed by atoms with Gasteiger partial charge >= 0.3 is 0 Å². The number of H-pyrrole nitrogens is 1. The molecule has 2 heterocycles. The second-order valence-corrected chi connectivity index (χ2v) is 6.94. The van der Waals surface area contributed by atoms with Crippen LogP contribution in [0.15, 0.2) is 18.2 Å². The van der Waals surface area contributed by atoms with Crippen LogP contribution < -0.4 is 20.1 Å². The number of carbonyl (C=O) groups is 1. The largest absolute Gasteiger partial charge is 0.497 e. The van der Waals surface area contributed by atoms with Crippen LogP contribution in [0.5, 0.6) is 11.5 Å². The van der Waals surface area contributed by atoms with E-state index < -0.39 is 0 Å². The number of amides is 1. The van der Waals surface area contributed by atoms with Crippen LogP contribution in [-0.2, 0) is 11.2 Å². The number of aromatic nitrogens is 1. The molecule has 0 aliphatic carbocycles. The van der Waals surface area contributed by atoms with Gasteiger partial charge in [-0.2, -0.15) is 0 Å². The molecule has 1 aromatic carbocycles. The van der Waals surface area contributed by atoms with Crippen molar-refractivity contribution >= 4 is 16.8 Å². The molecule has 26 heavy (non-hydrogen) atoms. The number of benzene rings is 1. The average molecular weight is 359 g/mol. The van der Waals surface area contributed by atoms with E-state index in [1.165, 1.54) is 6.42 Å². The third kappa shape index (κ3) is 4.69. The van der Waals surface area contributed by atoms with E-state index >= 15 is 0 Å². The summed E-state index contributed by atoms with van der Waals surface area (Å²) in [7, 11) is 3.31. The second kappa shape index (κ2) is 8.94. The zero-order chi connectivity index (χ0) is 18.4. The normalized spacial score (nSPS) is 16.8. The van der Waals surface area contributed by atoms with Crippen molar-refractivity contribution in [1.82, 2.24) is 15.6 Å². The molecule has 1 amide bonds. The minimum absolute atomic E-state index is 0.167. The first-order chi connectivity index (χ1) is 12.7. The van der Waals surface area contributed by atoms with Gasteiger partial charge in [-0.25, -0.2) is 0 Å². The summed E-state index contributed by atoms with van der Waals surface area (Å²) in [6.07, 6.45) is 4.61. The van der Waals surface area contributed by atoms with E-state index in [1.54, 1.807) is 14.2 Å². The van der Waals surface area contributed by atoms with E-state index in [9.17, 15) is 4.79 Å². The smallest absolute Gasteiger partial charge is 0.220 e. The third-order valence-electron chi connectivity index (χ3n) is 5.07. The molecule has 6 nitrogen and oxygen atoms in total. The number of hydrogen-bond acceptors (Lipinski definition) is 4. The predicted molar refractivity (Wildman–Crippen MR) is 103 cm³/mol. The first kappa shape index (κ1) is 18.6. The van der Waals surface area contributed by atoms with Crippen LogP contribution in [0, 0.1) is 5.92 Å². The van der Waals surface area contributed by atoms with E-state index in [1.807, 2.05) is 12.1 Å². The van der Waals surface area contributed by atoms with Crippen LogP contribution in [-0.4, -0.2) is 44.7 Å². The molecule has 0 bridgehead atoms. The molecule has 1 aliphatic heterocycles. The first-order valence-electron chi connectivity index (χ1n) is 9.40. The fraction of sp³-hybridized carbons (Fsp3) is 0.550. The molecule has 3 N–H and O–H groups in total. The number of rotatable bonds is 9. The van der Waals surface area contributed by atoms with Crippen LogP contribution >= 0.6 is 0 Å². The van der Waals surface area contributed by atoms with E-state index in [0.717, 1.165) is 60.4 Å². The maximum absolute atomic E-state index is 11.9. The van der Waals surface area contributed by atoms with Gasteiger partial charge in [0.05, 0.1) is 19.7 Å². The van der Waals surface area contributed by atoms with Crippen LogP contribution in [0.2, 0.25) is 0 Å². The van der Waals surface area contributed by atoms with Gasteiger partial charge in [-0.1, -0.05) is 0 Å². The topological polar surface area (TPSA) is 75.4 Å². The summed E-state index contributed by atoms with van der Waals surface area (Å²) >= 11 is 0. The molecule has 142 valence electrons. The predicted octanol–water partition coefficient (Wildman–Crippen LogP) is 2.62. The number of fused-ring (bicyclic) bond motifs is 1. The zero-order valence-electron chi connectivity index (χ0n) is 15.7. The van der Waals surface area contributed by atoms with Gasteiger partial charge in [0.15, 0.2) is 0 Å². The Kier molecular flexibility index (Phi) is 6.39. The Morgan fingerprint density at radius 2 is 2.15 bits per heavy atom. The fourth-order valence-electron chi connectivity index (χ4n) is 3.55. The van der Waals surface area contributed by atoms with Crippen LogP contribution in [0.3, 0.4) is 0 Å². The molecule has 1 aliphatic rings. The summed E-state index contributed by atoms with van der Waals surface area (Å²) in [5.41, 5.74) is 2.14. The highest BCUT2D eigenvalue weighted by Crippen LogP contribution is 2.31. The van der Waals surface area contributed by atoms with E-state index in [0.29, 0.717) is 18.9 Å². The number of ether oxygens (including phenoxy) is 2. The first-order valence-corrected chi connectivity index (χ1v) is 9.40. The quantitative estimate of drug-likeness (QED) is 0.602. The number of nitrogens with one attached hydrogen (secondary N) is 3. The summed E-state index contributed by atoms with van der Waals surface area (Å²) in [6.45, 7) is 2.85. The molecule has 0 spiro atoms. The van der Waals surface area contributed by atoms with Gasteiger partial charge in [-0.3, -0.25) is 4.79 Å². The van der Waals surface area contributed by atoms with Crippen molar-refractivity contribution in [1.29, 1.82) is 0 Å². The molecular formula is C20H29N3O3. The van der Waals surface area contributed by atoms with Gasteiger partial charge in [0.1, 0.15) is 11.5 Å². The van der Waals surface area contributed by atoms with Crippen molar-refractivity contribution < 1.29 is 14.3 Å². The van der Waals surface area contributed by atoms with E-state index in [2.05, 4.69) is 21.7 Å². The Balaban J connectivity index is 1.45. The summed E-state index contributed by atoms with van der Waals surface area (Å²) in [4.78, 5) is 15.4. The molecule has 1 atom stereocenters. The SMILES string of the molecule is COc1cc(OC)c2cc(CCCNC(=O)CCC3CCNC3)[nH]c2c1. The maximum atomic E-state index is 11.9. The van der Waals surface area contributed by atoms with Gasteiger partial charge in [0.2, 0.25) is 5.91 Å². The van der Waals surface area contributed by atoms with Crippen molar-refractivity contribution in [3.63, 3.8) is 0 Å². The summed E-state index contributed by atoms with van der Waals surface area (Å²) in [5.74, 6) is 2.41. The third-order valence-corrected chi connectivity index (χ3v) is 5.07.